The van der Waals surface area contributed by atoms with Crippen molar-refractivity contribution in [1.82, 2.24) is 0 Å². The average molecular weight is 416 g/mol. The SMILES string of the molecule is CCOCOC(=O)c1ccccc1Nc1c(Cl)ccc(C)c1Cl.OCCO. The maximum Gasteiger partial charge on any atom is 0.342 e. The smallest absolute Gasteiger partial charge is 0.342 e. The number of nitrogens with one attached hydrogen (secondary N) is 1. The van der Waals surface area contributed by atoms with Gasteiger partial charge in [-0.05, 0) is 37.6 Å². The van der Waals surface area contributed by atoms with Gasteiger partial charge in [-0.15, -0.1) is 0 Å². The van der Waals surface area contributed by atoms with Crippen molar-refractivity contribution in [3.63, 3.8) is 0 Å². The van der Waals surface area contributed by atoms with Crippen molar-refractivity contribution in [1.29, 1.82) is 0 Å². The van der Waals surface area contributed by atoms with Crippen LogP contribution in [0.1, 0.15) is 22.8 Å². The van der Waals surface area contributed by atoms with Gasteiger partial charge < -0.3 is 25.0 Å². The molecule has 0 aliphatic rings. The van der Waals surface area contributed by atoms with Gasteiger partial charge in [-0.3, -0.25) is 0 Å². The van der Waals surface area contributed by atoms with Gasteiger partial charge in [0.15, 0.2) is 6.79 Å². The first-order valence-electron chi connectivity index (χ1n) is 8.23. The quantitative estimate of drug-likeness (QED) is 0.357. The highest BCUT2D eigenvalue weighted by atomic mass is 35.5. The second-order valence-corrected chi connectivity index (χ2v) is 6.00. The van der Waals surface area contributed by atoms with Crippen molar-refractivity contribution in [2.45, 2.75) is 13.8 Å². The number of ether oxygens (including phenoxy) is 2. The molecule has 0 spiro atoms. The number of esters is 1. The van der Waals surface area contributed by atoms with Crippen molar-refractivity contribution >= 4 is 40.5 Å². The first-order chi connectivity index (χ1) is 13.0. The van der Waals surface area contributed by atoms with Gasteiger partial charge in [-0.2, -0.15) is 0 Å². The molecule has 0 unspecified atom stereocenters. The lowest BCUT2D eigenvalue weighted by molar-refractivity contribution is -0.0273. The Bertz CT molecular complexity index is 738. The molecule has 6 nitrogen and oxygen atoms in total. The number of carbonyl (C=O) groups excluding carboxylic acids is 1. The topological polar surface area (TPSA) is 88.0 Å². The largest absolute Gasteiger partial charge is 0.435 e. The molecule has 0 saturated carbocycles. The molecule has 0 aliphatic carbocycles. The van der Waals surface area contributed by atoms with Crippen LogP contribution < -0.4 is 5.32 Å². The van der Waals surface area contributed by atoms with Crippen molar-refractivity contribution < 1.29 is 24.5 Å². The second kappa shape index (κ2) is 12.5. The highest BCUT2D eigenvalue weighted by Gasteiger charge is 2.15. The maximum absolute atomic E-state index is 12.2. The van der Waals surface area contributed by atoms with Gasteiger partial charge >= 0.3 is 5.97 Å². The van der Waals surface area contributed by atoms with Gasteiger partial charge in [-0.1, -0.05) is 41.4 Å². The number of benzene rings is 2. The summed E-state index contributed by atoms with van der Waals surface area (Å²) >= 11 is 12.5. The molecular weight excluding hydrogens is 393 g/mol. The van der Waals surface area contributed by atoms with E-state index in [-0.39, 0.29) is 20.0 Å². The van der Waals surface area contributed by atoms with Gasteiger partial charge in [-0.25, -0.2) is 4.79 Å². The summed E-state index contributed by atoms with van der Waals surface area (Å²) < 4.78 is 10.1. The number of halogens is 2. The zero-order chi connectivity index (χ0) is 20.2. The standard InChI is InChI=1S/C17H17Cl2NO3.C2H6O2/c1-3-22-10-23-17(21)12-6-4-5-7-14(12)20-16-13(18)9-8-11(2)15(16)19;3-1-2-4/h4-9,20H,3,10H2,1-2H3;3-4H,1-2H2. The Labute approximate surface area is 168 Å². The number of rotatable bonds is 7. The molecule has 0 aromatic heterocycles. The van der Waals surface area contributed by atoms with Gasteiger partial charge in [0.2, 0.25) is 0 Å². The zero-order valence-corrected chi connectivity index (χ0v) is 16.7. The van der Waals surface area contributed by atoms with Crippen molar-refractivity contribution in [2.75, 3.05) is 31.9 Å². The lowest BCUT2D eigenvalue weighted by Gasteiger charge is -2.15. The van der Waals surface area contributed by atoms with Gasteiger partial charge in [0.25, 0.3) is 0 Å². The fraction of sp³-hybridized carbons (Fsp3) is 0.316. The molecule has 0 heterocycles. The van der Waals surface area contributed by atoms with Crippen LogP contribution in [-0.4, -0.2) is 42.8 Å². The van der Waals surface area contributed by atoms with E-state index in [1.807, 2.05) is 19.9 Å². The van der Waals surface area contributed by atoms with Crippen molar-refractivity contribution in [3.8, 4) is 0 Å². The number of aryl methyl sites for hydroxylation is 1. The van der Waals surface area contributed by atoms with E-state index in [0.29, 0.717) is 33.6 Å². The van der Waals surface area contributed by atoms with Crippen LogP contribution >= 0.6 is 23.2 Å². The minimum Gasteiger partial charge on any atom is -0.435 e. The van der Waals surface area contributed by atoms with E-state index < -0.39 is 5.97 Å². The minimum absolute atomic E-state index is 0.0877. The highest BCUT2D eigenvalue weighted by Crippen LogP contribution is 2.36. The number of carbonyl (C=O) groups is 1. The van der Waals surface area contributed by atoms with E-state index in [1.54, 1.807) is 30.3 Å². The molecule has 0 radical (unpaired) electrons. The van der Waals surface area contributed by atoms with Crippen LogP contribution in [-0.2, 0) is 9.47 Å². The second-order valence-electron chi connectivity index (χ2n) is 5.21. The molecular formula is C19H23Cl2NO5. The first-order valence-corrected chi connectivity index (χ1v) is 8.99. The normalized spacial score (nSPS) is 10.0. The van der Waals surface area contributed by atoms with Gasteiger partial charge in [0, 0.05) is 6.61 Å². The number of hydrogen-bond acceptors (Lipinski definition) is 6. The summed E-state index contributed by atoms with van der Waals surface area (Å²) in [5, 5.41) is 19.3. The summed E-state index contributed by atoms with van der Waals surface area (Å²) in [6.07, 6.45) is 0. The van der Waals surface area contributed by atoms with Crippen LogP contribution in [0.2, 0.25) is 10.0 Å². The molecule has 148 valence electrons. The number of aliphatic hydroxyl groups excluding tert-OH is 2. The monoisotopic (exact) mass is 415 g/mol. The Morgan fingerprint density at radius 2 is 1.78 bits per heavy atom. The third kappa shape index (κ3) is 7.36. The molecule has 3 N–H and O–H groups in total. The van der Waals surface area contributed by atoms with E-state index in [9.17, 15) is 4.79 Å². The predicted octanol–water partition coefficient (Wildman–Crippen LogP) is 4.17. The van der Waals surface area contributed by atoms with E-state index in [1.165, 1.54) is 0 Å². The predicted molar refractivity (Wildman–Crippen MR) is 107 cm³/mol. The van der Waals surface area contributed by atoms with E-state index in [2.05, 4.69) is 5.32 Å². The lowest BCUT2D eigenvalue weighted by Crippen LogP contribution is -2.11. The Kier molecular flexibility index (Phi) is 10.8. The summed E-state index contributed by atoms with van der Waals surface area (Å²) in [4.78, 5) is 12.2. The van der Waals surface area contributed by atoms with E-state index in [4.69, 9.17) is 42.9 Å². The molecule has 0 fully saturated rings. The molecule has 2 aromatic carbocycles. The molecule has 0 aliphatic heterocycles. The number of anilines is 2. The van der Waals surface area contributed by atoms with Crippen molar-refractivity contribution in [3.05, 3.63) is 57.6 Å². The Balaban J connectivity index is 0.000000828. The highest BCUT2D eigenvalue weighted by molar-refractivity contribution is 6.39. The summed E-state index contributed by atoms with van der Waals surface area (Å²) in [6, 6.07) is 10.6. The zero-order valence-electron chi connectivity index (χ0n) is 15.2. The summed E-state index contributed by atoms with van der Waals surface area (Å²) in [6.45, 7) is 3.84. The van der Waals surface area contributed by atoms with Crippen LogP contribution in [0, 0.1) is 6.92 Å². The molecule has 27 heavy (non-hydrogen) atoms. The van der Waals surface area contributed by atoms with Crippen LogP contribution in [0.5, 0.6) is 0 Å². The van der Waals surface area contributed by atoms with Gasteiger partial charge in [0.1, 0.15) is 0 Å². The molecule has 0 saturated heterocycles. The summed E-state index contributed by atoms with van der Waals surface area (Å²) in [5.41, 5.74) is 2.37. The van der Waals surface area contributed by atoms with Crippen LogP contribution in [0.4, 0.5) is 11.4 Å². The van der Waals surface area contributed by atoms with Crippen LogP contribution in [0.25, 0.3) is 0 Å². The molecule has 2 aromatic rings. The van der Waals surface area contributed by atoms with E-state index in [0.717, 1.165) is 5.56 Å². The number of hydrogen-bond donors (Lipinski definition) is 3. The van der Waals surface area contributed by atoms with Crippen LogP contribution in [0.3, 0.4) is 0 Å². The first kappa shape index (κ1) is 23.2. The summed E-state index contributed by atoms with van der Waals surface area (Å²) in [5.74, 6) is -0.485. The lowest BCUT2D eigenvalue weighted by atomic mass is 10.1. The molecule has 2 rings (SSSR count). The fourth-order valence-corrected chi connectivity index (χ4v) is 2.40. The average Bonchev–Trinajstić information content (AvgIpc) is 2.69. The molecule has 0 amide bonds. The van der Waals surface area contributed by atoms with Crippen LogP contribution in [0.15, 0.2) is 36.4 Å². The Morgan fingerprint density at radius 3 is 2.41 bits per heavy atom. The molecule has 0 atom stereocenters. The third-order valence-corrected chi connectivity index (χ3v) is 4.07. The van der Waals surface area contributed by atoms with Crippen molar-refractivity contribution in [2.24, 2.45) is 0 Å². The number of aliphatic hydroxyl groups is 2. The fourth-order valence-electron chi connectivity index (χ4n) is 1.93. The molecule has 8 heteroatoms. The van der Waals surface area contributed by atoms with E-state index >= 15 is 0 Å². The maximum atomic E-state index is 12.2. The molecule has 0 bridgehead atoms. The summed E-state index contributed by atoms with van der Waals surface area (Å²) in [7, 11) is 0. The third-order valence-electron chi connectivity index (χ3n) is 3.27. The number of para-hydroxylation sites is 1. The minimum atomic E-state index is -0.485. The Morgan fingerprint density at radius 1 is 1.11 bits per heavy atom. The Hall–Kier alpha value is -1.83. The van der Waals surface area contributed by atoms with Gasteiger partial charge in [0.05, 0.1) is 40.2 Å².